The molecule has 1 aliphatic rings. The van der Waals surface area contributed by atoms with Crippen LogP contribution < -0.4 is 5.32 Å². The van der Waals surface area contributed by atoms with E-state index in [2.05, 4.69) is 11.4 Å². The van der Waals surface area contributed by atoms with E-state index in [1.807, 2.05) is 18.2 Å². The highest BCUT2D eigenvalue weighted by Gasteiger charge is 2.26. The molecule has 3 nitrogen and oxygen atoms in total. The second kappa shape index (κ2) is 6.92. The molecular weight excluding hydrogens is 293 g/mol. The van der Waals surface area contributed by atoms with Crippen LogP contribution in [-0.2, 0) is 11.2 Å². The van der Waals surface area contributed by atoms with Gasteiger partial charge in [0.25, 0.3) is 0 Å². The van der Waals surface area contributed by atoms with E-state index in [-0.39, 0.29) is 24.2 Å². The number of hydrogen-bond acceptors (Lipinski definition) is 2. The van der Waals surface area contributed by atoms with Gasteiger partial charge in [-0.2, -0.15) is 0 Å². The van der Waals surface area contributed by atoms with E-state index in [0.717, 1.165) is 24.8 Å². The molecule has 0 aromatic heterocycles. The molecule has 0 aliphatic heterocycles. The lowest BCUT2D eigenvalue weighted by Gasteiger charge is -2.25. The van der Waals surface area contributed by atoms with E-state index >= 15 is 0 Å². The number of aliphatic hydroxyl groups is 1. The van der Waals surface area contributed by atoms with Crippen molar-refractivity contribution in [3.05, 3.63) is 71.0 Å². The summed E-state index contributed by atoms with van der Waals surface area (Å²) >= 11 is 0. The fourth-order valence-corrected chi connectivity index (χ4v) is 3.15. The Morgan fingerprint density at radius 2 is 1.96 bits per heavy atom. The first-order valence-corrected chi connectivity index (χ1v) is 7.94. The molecule has 2 aromatic rings. The maximum absolute atomic E-state index is 12.9. The Morgan fingerprint density at radius 3 is 2.74 bits per heavy atom. The molecule has 0 unspecified atom stereocenters. The lowest BCUT2D eigenvalue weighted by atomic mass is 9.82. The lowest BCUT2D eigenvalue weighted by molar-refractivity contribution is -0.123. The number of hydrogen-bond donors (Lipinski definition) is 2. The number of amides is 1. The monoisotopic (exact) mass is 313 g/mol. The second-order valence-corrected chi connectivity index (χ2v) is 5.96. The highest BCUT2D eigenvalue weighted by Crippen LogP contribution is 2.31. The molecule has 2 N–H and O–H groups in total. The highest BCUT2D eigenvalue weighted by molar-refractivity contribution is 5.84. The summed E-state index contributed by atoms with van der Waals surface area (Å²) in [5, 5.41) is 12.9. The molecule has 2 aromatic carbocycles. The minimum Gasteiger partial charge on any atom is -0.387 e. The Hall–Kier alpha value is -2.20. The number of halogens is 1. The minimum absolute atomic E-state index is 0.0571. The zero-order valence-corrected chi connectivity index (χ0v) is 12.8. The number of fused-ring (bicyclic) bond motifs is 1. The summed E-state index contributed by atoms with van der Waals surface area (Å²) in [6, 6.07) is 13.7. The first-order chi connectivity index (χ1) is 11.1. The SMILES string of the molecule is O=C(NC[C@@H](O)c1ccc(F)cc1)[C@@H]1CCCc2ccccc21. The number of rotatable bonds is 4. The van der Waals surface area contributed by atoms with Crippen molar-refractivity contribution in [2.24, 2.45) is 0 Å². The zero-order chi connectivity index (χ0) is 16.2. The zero-order valence-electron chi connectivity index (χ0n) is 12.8. The molecule has 0 heterocycles. The lowest BCUT2D eigenvalue weighted by Crippen LogP contribution is -2.34. The molecule has 0 saturated carbocycles. The van der Waals surface area contributed by atoms with Crippen LogP contribution in [0.2, 0.25) is 0 Å². The van der Waals surface area contributed by atoms with E-state index in [9.17, 15) is 14.3 Å². The van der Waals surface area contributed by atoms with Gasteiger partial charge in [0.2, 0.25) is 5.91 Å². The number of benzene rings is 2. The molecule has 0 fully saturated rings. The minimum atomic E-state index is -0.835. The summed E-state index contributed by atoms with van der Waals surface area (Å²) in [7, 11) is 0. The van der Waals surface area contributed by atoms with Gasteiger partial charge in [0, 0.05) is 6.54 Å². The molecule has 1 aliphatic carbocycles. The topological polar surface area (TPSA) is 49.3 Å². The molecule has 23 heavy (non-hydrogen) atoms. The number of carbonyl (C=O) groups is 1. The first-order valence-electron chi connectivity index (χ1n) is 7.94. The van der Waals surface area contributed by atoms with E-state index in [1.165, 1.54) is 29.8 Å². The van der Waals surface area contributed by atoms with Gasteiger partial charge in [0.05, 0.1) is 12.0 Å². The average Bonchev–Trinajstić information content (AvgIpc) is 2.59. The van der Waals surface area contributed by atoms with Gasteiger partial charge in [-0.3, -0.25) is 4.79 Å². The third-order valence-electron chi connectivity index (χ3n) is 4.41. The third kappa shape index (κ3) is 3.59. The molecular formula is C19H20FNO2. The summed E-state index contributed by atoms with van der Waals surface area (Å²) in [5.74, 6) is -0.553. The van der Waals surface area contributed by atoms with Crippen LogP contribution in [0.15, 0.2) is 48.5 Å². The molecule has 4 heteroatoms. The largest absolute Gasteiger partial charge is 0.387 e. The Morgan fingerprint density at radius 1 is 1.22 bits per heavy atom. The molecule has 2 atom stereocenters. The number of carbonyl (C=O) groups excluding carboxylic acids is 1. The van der Waals surface area contributed by atoms with Crippen molar-refractivity contribution in [2.75, 3.05) is 6.54 Å². The Bertz CT molecular complexity index is 684. The normalized spacial score (nSPS) is 18.1. The van der Waals surface area contributed by atoms with Crippen LogP contribution in [0.4, 0.5) is 4.39 Å². The van der Waals surface area contributed by atoms with Crippen molar-refractivity contribution in [2.45, 2.75) is 31.3 Å². The van der Waals surface area contributed by atoms with Crippen LogP contribution in [0.25, 0.3) is 0 Å². The predicted octanol–water partition coefficient (Wildman–Crippen LogP) is 3.10. The van der Waals surface area contributed by atoms with Crippen molar-refractivity contribution in [3.63, 3.8) is 0 Å². The van der Waals surface area contributed by atoms with Gasteiger partial charge in [-0.15, -0.1) is 0 Å². The van der Waals surface area contributed by atoms with Gasteiger partial charge in [-0.05, 0) is 48.1 Å². The molecule has 0 saturated heterocycles. The van der Waals surface area contributed by atoms with Crippen molar-refractivity contribution in [3.8, 4) is 0 Å². The third-order valence-corrected chi connectivity index (χ3v) is 4.41. The fraction of sp³-hybridized carbons (Fsp3) is 0.316. The van der Waals surface area contributed by atoms with Gasteiger partial charge >= 0.3 is 0 Å². The summed E-state index contributed by atoms with van der Waals surface area (Å²) in [6.07, 6.45) is 2.00. The van der Waals surface area contributed by atoms with Crippen LogP contribution in [0.1, 0.15) is 41.6 Å². The van der Waals surface area contributed by atoms with Crippen LogP contribution in [0, 0.1) is 5.82 Å². The van der Waals surface area contributed by atoms with Gasteiger partial charge in [0.15, 0.2) is 0 Å². The number of aliphatic hydroxyl groups excluding tert-OH is 1. The Labute approximate surface area is 135 Å². The van der Waals surface area contributed by atoms with Gasteiger partial charge < -0.3 is 10.4 Å². The van der Waals surface area contributed by atoms with Crippen molar-refractivity contribution in [1.82, 2.24) is 5.32 Å². The molecule has 0 bridgehead atoms. The van der Waals surface area contributed by atoms with Gasteiger partial charge in [-0.25, -0.2) is 4.39 Å². The average molecular weight is 313 g/mol. The number of nitrogens with one attached hydrogen (secondary N) is 1. The van der Waals surface area contributed by atoms with E-state index in [0.29, 0.717) is 5.56 Å². The van der Waals surface area contributed by atoms with Gasteiger partial charge in [0.1, 0.15) is 5.82 Å². The maximum Gasteiger partial charge on any atom is 0.227 e. The fourth-order valence-electron chi connectivity index (χ4n) is 3.15. The van der Waals surface area contributed by atoms with Crippen molar-refractivity contribution >= 4 is 5.91 Å². The number of aryl methyl sites for hydroxylation is 1. The van der Waals surface area contributed by atoms with Crippen molar-refractivity contribution < 1.29 is 14.3 Å². The Kier molecular flexibility index (Phi) is 4.72. The van der Waals surface area contributed by atoms with E-state index in [4.69, 9.17) is 0 Å². The molecule has 0 spiro atoms. The molecule has 0 radical (unpaired) electrons. The summed E-state index contributed by atoms with van der Waals surface area (Å²) in [6.45, 7) is 0.128. The van der Waals surface area contributed by atoms with Crippen LogP contribution >= 0.6 is 0 Å². The highest BCUT2D eigenvalue weighted by atomic mass is 19.1. The summed E-state index contributed by atoms with van der Waals surface area (Å²) < 4.78 is 12.9. The van der Waals surface area contributed by atoms with E-state index < -0.39 is 6.10 Å². The molecule has 1 amide bonds. The standard InChI is InChI=1S/C19H20FNO2/c20-15-10-8-14(9-11-15)18(22)12-21-19(23)17-7-3-5-13-4-1-2-6-16(13)17/h1-2,4,6,8-11,17-18,22H,3,5,7,12H2,(H,21,23)/t17-,18-/m1/s1. The molecule has 120 valence electrons. The summed E-state index contributed by atoms with van der Waals surface area (Å²) in [5.41, 5.74) is 2.92. The molecule has 3 rings (SSSR count). The van der Waals surface area contributed by atoms with Crippen molar-refractivity contribution in [1.29, 1.82) is 0 Å². The van der Waals surface area contributed by atoms with Crippen LogP contribution in [-0.4, -0.2) is 17.6 Å². The predicted molar refractivity (Wildman–Crippen MR) is 86.5 cm³/mol. The Balaban J connectivity index is 1.63. The first kappa shape index (κ1) is 15.7. The maximum atomic E-state index is 12.9. The quantitative estimate of drug-likeness (QED) is 0.911. The van der Waals surface area contributed by atoms with Gasteiger partial charge in [-0.1, -0.05) is 36.4 Å². The smallest absolute Gasteiger partial charge is 0.227 e. The summed E-state index contributed by atoms with van der Waals surface area (Å²) in [4.78, 5) is 12.5. The van der Waals surface area contributed by atoms with Crippen LogP contribution in [0.3, 0.4) is 0 Å². The van der Waals surface area contributed by atoms with E-state index in [1.54, 1.807) is 0 Å². The second-order valence-electron chi connectivity index (χ2n) is 5.96. The van der Waals surface area contributed by atoms with Crippen LogP contribution in [0.5, 0.6) is 0 Å².